The molecule has 1 N–H and O–H groups in total. The molecule has 0 spiro atoms. The molecule has 0 heterocycles. The van der Waals surface area contributed by atoms with Gasteiger partial charge < -0.3 is 5.11 Å². The smallest absolute Gasteiger partial charge is 0.303 e. The first kappa shape index (κ1) is 16.5. The highest BCUT2D eigenvalue weighted by molar-refractivity contribution is 9.10. The van der Waals surface area contributed by atoms with Crippen molar-refractivity contribution in [2.45, 2.75) is 65.2 Å². The summed E-state index contributed by atoms with van der Waals surface area (Å²) >= 11 is 3.57. The van der Waals surface area contributed by atoms with E-state index in [9.17, 15) is 9.90 Å². The Morgan fingerprint density at radius 2 is 1.86 bits per heavy atom. The number of carbonyl (C=O) groups is 1. The van der Waals surface area contributed by atoms with Crippen molar-refractivity contribution in [3.63, 3.8) is 0 Å². The van der Waals surface area contributed by atoms with E-state index in [-0.39, 0.29) is 5.41 Å². The van der Waals surface area contributed by atoms with Crippen LogP contribution in [0.15, 0.2) is 16.6 Å². The van der Waals surface area contributed by atoms with Crippen molar-refractivity contribution in [1.29, 1.82) is 0 Å². The average molecular weight is 353 g/mol. The van der Waals surface area contributed by atoms with Gasteiger partial charge in [-0.1, -0.05) is 41.3 Å². The highest BCUT2D eigenvalue weighted by atomic mass is 79.9. The van der Waals surface area contributed by atoms with E-state index in [2.05, 4.69) is 41.9 Å². The fourth-order valence-electron chi connectivity index (χ4n) is 3.65. The van der Waals surface area contributed by atoms with E-state index in [1.54, 1.807) is 0 Å². The minimum atomic E-state index is -0.638. The van der Waals surface area contributed by atoms with Crippen molar-refractivity contribution in [1.82, 2.24) is 0 Å². The number of halogens is 1. The van der Waals surface area contributed by atoms with Gasteiger partial charge in [-0.25, -0.2) is 0 Å². The molecule has 0 aromatic heterocycles. The molecule has 0 saturated heterocycles. The van der Waals surface area contributed by atoms with Gasteiger partial charge in [-0.3, -0.25) is 4.79 Å². The molecule has 1 aliphatic carbocycles. The van der Waals surface area contributed by atoms with E-state index in [0.717, 1.165) is 30.2 Å². The zero-order valence-electron chi connectivity index (χ0n) is 13.0. The molecule has 1 aromatic rings. The molecule has 0 amide bonds. The Morgan fingerprint density at radius 3 is 2.48 bits per heavy atom. The Bertz CT molecular complexity index is 516. The minimum absolute atomic E-state index is 0.0253. The second-order valence-corrected chi connectivity index (χ2v) is 7.51. The maximum Gasteiger partial charge on any atom is 0.303 e. The molecule has 1 aromatic carbocycles. The van der Waals surface area contributed by atoms with E-state index in [1.165, 1.54) is 36.0 Å². The van der Waals surface area contributed by atoms with Gasteiger partial charge in [0.05, 0.1) is 6.42 Å². The molecule has 0 bridgehead atoms. The third-order valence-corrected chi connectivity index (χ3v) is 5.84. The van der Waals surface area contributed by atoms with Gasteiger partial charge in [0.15, 0.2) is 0 Å². The lowest BCUT2D eigenvalue weighted by molar-refractivity contribution is -0.140. The Labute approximate surface area is 136 Å². The number of aliphatic carboxylic acids is 1. The average Bonchev–Trinajstić information content (AvgIpc) is 2.42. The van der Waals surface area contributed by atoms with Crippen LogP contribution in [-0.2, 0) is 11.2 Å². The summed E-state index contributed by atoms with van der Waals surface area (Å²) in [6.45, 7) is 4.25. The number of hydrogen-bond acceptors (Lipinski definition) is 1. The lowest BCUT2D eigenvalue weighted by atomic mass is 9.68. The number of rotatable bonds is 5. The van der Waals surface area contributed by atoms with Crippen LogP contribution in [0.25, 0.3) is 0 Å². The first-order chi connectivity index (χ1) is 9.92. The molecule has 3 heteroatoms. The normalized spacial score (nSPS) is 17.7. The number of hydrogen-bond donors (Lipinski definition) is 1. The van der Waals surface area contributed by atoms with Crippen LogP contribution in [-0.4, -0.2) is 11.1 Å². The molecule has 116 valence electrons. The van der Waals surface area contributed by atoms with Gasteiger partial charge in [0.2, 0.25) is 0 Å². The first-order valence-electron chi connectivity index (χ1n) is 7.89. The third kappa shape index (κ3) is 4.32. The molecule has 21 heavy (non-hydrogen) atoms. The predicted molar refractivity (Wildman–Crippen MR) is 89.7 cm³/mol. The Hall–Kier alpha value is -0.830. The molecule has 0 radical (unpaired) electrons. The molecular formula is C18H25BrO2. The fourth-order valence-corrected chi connectivity index (χ4v) is 4.11. The maximum atomic E-state index is 11.2. The van der Waals surface area contributed by atoms with E-state index < -0.39 is 5.97 Å². The van der Waals surface area contributed by atoms with Crippen LogP contribution in [0, 0.1) is 19.3 Å². The summed E-state index contributed by atoms with van der Waals surface area (Å²) in [6.07, 6.45) is 8.12. The molecule has 1 fully saturated rings. The van der Waals surface area contributed by atoms with Gasteiger partial charge in [0.25, 0.3) is 0 Å². The van der Waals surface area contributed by atoms with Crippen molar-refractivity contribution in [3.8, 4) is 0 Å². The maximum absolute atomic E-state index is 11.2. The summed E-state index contributed by atoms with van der Waals surface area (Å²) in [4.78, 5) is 11.2. The van der Waals surface area contributed by atoms with Gasteiger partial charge in [-0.15, -0.1) is 0 Å². The lowest BCUT2D eigenvalue weighted by Crippen LogP contribution is -2.28. The topological polar surface area (TPSA) is 37.3 Å². The van der Waals surface area contributed by atoms with Crippen LogP contribution in [0.2, 0.25) is 0 Å². The molecule has 2 nitrogen and oxygen atoms in total. The van der Waals surface area contributed by atoms with Gasteiger partial charge >= 0.3 is 5.97 Å². The third-order valence-electron chi connectivity index (χ3n) is 4.98. The van der Waals surface area contributed by atoms with Gasteiger partial charge in [-0.05, 0) is 67.7 Å². The molecule has 0 atom stereocenters. The lowest BCUT2D eigenvalue weighted by Gasteiger charge is -2.36. The van der Waals surface area contributed by atoms with Crippen molar-refractivity contribution < 1.29 is 9.90 Å². The second kappa shape index (κ2) is 6.95. The first-order valence-corrected chi connectivity index (χ1v) is 8.69. The Morgan fingerprint density at radius 1 is 1.19 bits per heavy atom. The SMILES string of the molecule is Cc1cc(CCC2(CC(=O)O)CCCCC2)c(C)cc1Br. The molecule has 0 unspecified atom stereocenters. The van der Waals surface area contributed by atoms with E-state index in [0.29, 0.717) is 6.42 Å². The summed E-state index contributed by atoms with van der Waals surface area (Å²) in [6, 6.07) is 4.42. The highest BCUT2D eigenvalue weighted by Gasteiger charge is 2.34. The summed E-state index contributed by atoms with van der Waals surface area (Å²) in [5.41, 5.74) is 3.95. The van der Waals surface area contributed by atoms with Gasteiger partial charge in [0, 0.05) is 4.47 Å². The van der Waals surface area contributed by atoms with Crippen LogP contribution >= 0.6 is 15.9 Å². The van der Waals surface area contributed by atoms with Gasteiger partial charge in [0.1, 0.15) is 0 Å². The molecule has 1 saturated carbocycles. The Balaban J connectivity index is 2.11. The van der Waals surface area contributed by atoms with Crippen LogP contribution in [0.1, 0.15) is 61.6 Å². The Kier molecular flexibility index (Phi) is 5.48. The van der Waals surface area contributed by atoms with Crippen LogP contribution in [0.5, 0.6) is 0 Å². The van der Waals surface area contributed by atoms with E-state index in [1.807, 2.05) is 0 Å². The van der Waals surface area contributed by atoms with E-state index in [4.69, 9.17) is 0 Å². The zero-order valence-corrected chi connectivity index (χ0v) is 14.6. The van der Waals surface area contributed by atoms with Crippen LogP contribution in [0.3, 0.4) is 0 Å². The largest absolute Gasteiger partial charge is 0.481 e. The molecule has 1 aliphatic rings. The summed E-state index contributed by atoms with van der Waals surface area (Å²) in [7, 11) is 0. The highest BCUT2D eigenvalue weighted by Crippen LogP contribution is 2.43. The minimum Gasteiger partial charge on any atom is -0.481 e. The predicted octanol–water partition coefficient (Wildman–Crippen LogP) is 5.42. The van der Waals surface area contributed by atoms with E-state index >= 15 is 0 Å². The number of benzene rings is 1. The van der Waals surface area contributed by atoms with Gasteiger partial charge in [-0.2, -0.15) is 0 Å². The standard InChI is InChI=1S/C18H25BrO2/c1-13-11-16(19)14(2)10-15(13)6-9-18(12-17(20)21)7-4-3-5-8-18/h10-11H,3-9,12H2,1-2H3,(H,20,21). The number of carboxylic acids is 1. The quantitative estimate of drug-likeness (QED) is 0.767. The molecule has 0 aliphatic heterocycles. The van der Waals surface area contributed by atoms with Crippen molar-refractivity contribution in [2.24, 2.45) is 5.41 Å². The molecular weight excluding hydrogens is 328 g/mol. The molecule has 2 rings (SSSR count). The van der Waals surface area contributed by atoms with Crippen LogP contribution < -0.4 is 0 Å². The summed E-state index contributed by atoms with van der Waals surface area (Å²) in [5, 5.41) is 9.26. The second-order valence-electron chi connectivity index (χ2n) is 6.66. The zero-order chi connectivity index (χ0) is 15.5. The number of aryl methyl sites for hydroxylation is 3. The van der Waals surface area contributed by atoms with Crippen molar-refractivity contribution in [2.75, 3.05) is 0 Å². The monoisotopic (exact) mass is 352 g/mol. The summed E-state index contributed by atoms with van der Waals surface area (Å²) < 4.78 is 1.15. The van der Waals surface area contributed by atoms with Crippen molar-refractivity contribution >= 4 is 21.9 Å². The summed E-state index contributed by atoms with van der Waals surface area (Å²) in [5.74, 6) is -0.638. The van der Waals surface area contributed by atoms with Crippen LogP contribution in [0.4, 0.5) is 0 Å². The fraction of sp³-hybridized carbons (Fsp3) is 0.611. The van der Waals surface area contributed by atoms with Crippen molar-refractivity contribution in [3.05, 3.63) is 33.3 Å². The number of carboxylic acid groups (broad SMARTS) is 1.